The van der Waals surface area contributed by atoms with Crippen LogP contribution in [-0.4, -0.2) is 50.7 Å². The van der Waals surface area contributed by atoms with Crippen LogP contribution in [0.25, 0.3) is 0 Å². The van der Waals surface area contributed by atoms with Crippen LogP contribution in [-0.2, 0) is 9.53 Å². The Labute approximate surface area is 99.3 Å². The van der Waals surface area contributed by atoms with E-state index in [2.05, 4.69) is 12.2 Å². The second-order valence-electron chi connectivity index (χ2n) is 4.28. The minimum Gasteiger partial charge on any atom is -0.378 e. The Kier molecular flexibility index (Phi) is 9.24. The van der Waals surface area contributed by atoms with E-state index in [0.717, 1.165) is 19.5 Å². The molecule has 0 unspecified atom stereocenters. The van der Waals surface area contributed by atoms with Gasteiger partial charge in [-0.1, -0.05) is 20.8 Å². The molecule has 0 atom stereocenters. The Morgan fingerprint density at radius 3 is 2.56 bits per heavy atom. The number of nitrogens with one attached hydrogen (secondary N) is 1. The van der Waals surface area contributed by atoms with Crippen LogP contribution in [0.1, 0.15) is 27.2 Å². The van der Waals surface area contributed by atoms with Gasteiger partial charge in [-0.3, -0.25) is 4.79 Å². The zero-order valence-electron chi connectivity index (χ0n) is 11.1. The lowest BCUT2D eigenvalue weighted by atomic mass is 10.2. The van der Waals surface area contributed by atoms with Gasteiger partial charge >= 0.3 is 0 Å². The van der Waals surface area contributed by atoms with Crippen LogP contribution in [0.3, 0.4) is 0 Å². The van der Waals surface area contributed by atoms with E-state index in [9.17, 15) is 4.79 Å². The summed E-state index contributed by atoms with van der Waals surface area (Å²) in [6, 6.07) is 0. The molecule has 16 heavy (non-hydrogen) atoms. The van der Waals surface area contributed by atoms with Crippen molar-refractivity contribution in [2.75, 3.05) is 39.9 Å². The lowest BCUT2D eigenvalue weighted by Gasteiger charge is -2.19. The molecule has 0 spiro atoms. The maximum Gasteiger partial charge on any atom is 0.224 e. The smallest absolute Gasteiger partial charge is 0.224 e. The molecule has 0 radical (unpaired) electrons. The van der Waals surface area contributed by atoms with Gasteiger partial charge in [-0.15, -0.1) is 0 Å². The van der Waals surface area contributed by atoms with Crippen molar-refractivity contribution < 1.29 is 9.53 Å². The number of hydrogen-bond acceptors (Lipinski definition) is 3. The first-order valence-corrected chi connectivity index (χ1v) is 6.13. The van der Waals surface area contributed by atoms with Gasteiger partial charge in [-0.2, -0.15) is 0 Å². The van der Waals surface area contributed by atoms with Crippen molar-refractivity contribution in [2.45, 2.75) is 27.2 Å². The van der Waals surface area contributed by atoms with E-state index in [1.54, 1.807) is 4.90 Å². The zero-order chi connectivity index (χ0) is 12.4. The number of carbonyl (C=O) groups is 1. The fraction of sp³-hybridized carbons (Fsp3) is 0.917. The Balaban J connectivity index is 3.34. The second-order valence-corrected chi connectivity index (χ2v) is 4.28. The van der Waals surface area contributed by atoms with Gasteiger partial charge in [-0.25, -0.2) is 0 Å². The molecule has 0 aliphatic heterocycles. The summed E-state index contributed by atoms with van der Waals surface area (Å²) in [6.07, 6.45) is 1.14. The quantitative estimate of drug-likeness (QED) is 0.603. The number of ether oxygens (including phenoxy) is 1. The lowest BCUT2D eigenvalue weighted by molar-refractivity contribution is -0.133. The van der Waals surface area contributed by atoms with Crippen LogP contribution in [0.15, 0.2) is 0 Å². The molecule has 1 N–H and O–H groups in total. The van der Waals surface area contributed by atoms with Crippen molar-refractivity contribution in [1.82, 2.24) is 10.2 Å². The lowest BCUT2D eigenvalue weighted by Crippen LogP contribution is -2.33. The number of nitrogens with zero attached hydrogens (tertiary/aromatic N) is 1. The van der Waals surface area contributed by atoms with E-state index in [0.29, 0.717) is 19.8 Å². The van der Waals surface area contributed by atoms with E-state index < -0.39 is 0 Å². The highest BCUT2D eigenvalue weighted by Crippen LogP contribution is 1.98. The molecule has 0 rings (SSSR count). The van der Waals surface area contributed by atoms with Gasteiger partial charge in [0.2, 0.25) is 5.91 Å². The van der Waals surface area contributed by atoms with Crippen LogP contribution >= 0.6 is 0 Å². The van der Waals surface area contributed by atoms with Gasteiger partial charge in [0.25, 0.3) is 0 Å². The second kappa shape index (κ2) is 9.60. The molecule has 96 valence electrons. The first-order valence-electron chi connectivity index (χ1n) is 6.13. The molecule has 0 saturated carbocycles. The first kappa shape index (κ1) is 15.4. The minimum absolute atomic E-state index is 0.0659. The summed E-state index contributed by atoms with van der Waals surface area (Å²) in [5.74, 6) is 0.240. The van der Waals surface area contributed by atoms with E-state index in [1.807, 2.05) is 20.9 Å². The Morgan fingerprint density at radius 1 is 1.31 bits per heavy atom. The summed E-state index contributed by atoms with van der Waals surface area (Å²) in [5.41, 5.74) is 0. The summed E-state index contributed by atoms with van der Waals surface area (Å²) in [4.78, 5) is 13.2. The van der Waals surface area contributed by atoms with Crippen molar-refractivity contribution in [3.05, 3.63) is 0 Å². The molecule has 1 amide bonds. The fourth-order valence-electron chi connectivity index (χ4n) is 1.30. The predicted molar refractivity (Wildman–Crippen MR) is 66.5 cm³/mol. The van der Waals surface area contributed by atoms with Crippen LogP contribution in [0.2, 0.25) is 0 Å². The third-order valence-corrected chi connectivity index (χ3v) is 2.29. The maximum absolute atomic E-state index is 11.5. The van der Waals surface area contributed by atoms with E-state index >= 15 is 0 Å². The summed E-state index contributed by atoms with van der Waals surface area (Å²) < 4.78 is 5.42. The molecule has 0 bridgehead atoms. The molecule has 0 saturated heterocycles. The SMILES string of the molecule is CCCNCCOCCN(C)C(=O)C(C)C. The highest BCUT2D eigenvalue weighted by Gasteiger charge is 2.11. The number of carbonyl (C=O) groups excluding carboxylic acids is 1. The van der Waals surface area contributed by atoms with Crippen molar-refractivity contribution in [3.8, 4) is 0 Å². The summed E-state index contributed by atoms with van der Waals surface area (Å²) >= 11 is 0. The van der Waals surface area contributed by atoms with Crippen molar-refractivity contribution in [3.63, 3.8) is 0 Å². The van der Waals surface area contributed by atoms with Gasteiger partial charge < -0.3 is 15.0 Å². The molecule has 0 aromatic carbocycles. The minimum atomic E-state index is 0.0659. The average Bonchev–Trinajstić information content (AvgIpc) is 2.26. The Bertz CT molecular complexity index is 184. The van der Waals surface area contributed by atoms with E-state index in [4.69, 9.17) is 4.74 Å². The van der Waals surface area contributed by atoms with Crippen LogP contribution < -0.4 is 5.32 Å². The Hall–Kier alpha value is -0.610. The molecular weight excluding hydrogens is 204 g/mol. The van der Waals surface area contributed by atoms with Crippen LogP contribution in [0, 0.1) is 5.92 Å². The van der Waals surface area contributed by atoms with Gasteiger partial charge in [0.1, 0.15) is 0 Å². The highest BCUT2D eigenvalue weighted by atomic mass is 16.5. The zero-order valence-corrected chi connectivity index (χ0v) is 11.1. The van der Waals surface area contributed by atoms with Crippen molar-refractivity contribution in [2.24, 2.45) is 5.92 Å². The normalized spacial score (nSPS) is 10.8. The first-order chi connectivity index (χ1) is 7.59. The van der Waals surface area contributed by atoms with E-state index in [1.165, 1.54) is 0 Å². The monoisotopic (exact) mass is 230 g/mol. The molecule has 0 heterocycles. The van der Waals surface area contributed by atoms with Crippen molar-refractivity contribution >= 4 is 5.91 Å². The molecule has 0 aromatic rings. The third kappa shape index (κ3) is 7.65. The number of rotatable bonds is 9. The molecule has 4 nitrogen and oxygen atoms in total. The van der Waals surface area contributed by atoms with Gasteiger partial charge in [0.05, 0.1) is 13.2 Å². The van der Waals surface area contributed by atoms with Gasteiger partial charge in [-0.05, 0) is 13.0 Å². The standard InChI is InChI=1S/C12H26N2O2/c1-5-6-13-7-9-16-10-8-14(4)12(15)11(2)3/h11,13H,5-10H2,1-4H3. The van der Waals surface area contributed by atoms with Crippen LogP contribution in [0.4, 0.5) is 0 Å². The Morgan fingerprint density at radius 2 is 2.00 bits per heavy atom. The summed E-state index contributed by atoms with van der Waals surface area (Å²) in [6.45, 7) is 9.88. The molecule has 0 aromatic heterocycles. The number of likely N-dealkylation sites (N-methyl/N-ethyl adjacent to an activating group) is 1. The number of hydrogen-bond donors (Lipinski definition) is 1. The van der Waals surface area contributed by atoms with Crippen molar-refractivity contribution in [1.29, 1.82) is 0 Å². The highest BCUT2D eigenvalue weighted by molar-refractivity contribution is 5.77. The topological polar surface area (TPSA) is 41.6 Å². The largest absolute Gasteiger partial charge is 0.378 e. The molecule has 0 aliphatic carbocycles. The maximum atomic E-state index is 11.5. The molecular formula is C12H26N2O2. The fourth-order valence-corrected chi connectivity index (χ4v) is 1.30. The van der Waals surface area contributed by atoms with E-state index in [-0.39, 0.29) is 11.8 Å². The summed E-state index contributed by atoms with van der Waals surface area (Å²) in [5, 5.41) is 3.26. The summed E-state index contributed by atoms with van der Waals surface area (Å²) in [7, 11) is 1.82. The predicted octanol–water partition coefficient (Wildman–Crippen LogP) is 1.12. The van der Waals surface area contributed by atoms with Gasteiger partial charge in [0, 0.05) is 26.1 Å². The average molecular weight is 230 g/mol. The number of amides is 1. The molecule has 4 heteroatoms. The molecule has 0 aliphatic rings. The van der Waals surface area contributed by atoms with Gasteiger partial charge in [0.15, 0.2) is 0 Å². The van der Waals surface area contributed by atoms with Crippen LogP contribution in [0.5, 0.6) is 0 Å². The molecule has 0 fully saturated rings. The third-order valence-electron chi connectivity index (χ3n) is 2.29.